The lowest BCUT2D eigenvalue weighted by Gasteiger charge is -1.95. The van der Waals surface area contributed by atoms with Crippen LogP contribution in [0.4, 0.5) is 5.69 Å². The molecule has 1 heterocycles. The summed E-state index contributed by atoms with van der Waals surface area (Å²) < 4.78 is 0. The third kappa shape index (κ3) is 4.34. The van der Waals surface area contributed by atoms with Gasteiger partial charge in [0.15, 0.2) is 0 Å². The highest BCUT2D eigenvalue weighted by atomic mass is 32.1. The number of rotatable bonds is 2. The summed E-state index contributed by atoms with van der Waals surface area (Å²) in [5.74, 6) is -0.833. The molecule has 0 saturated carbocycles. The molecule has 2 aromatic rings. The lowest BCUT2D eigenvalue weighted by molar-refractivity contribution is -0.384. The fourth-order valence-electron chi connectivity index (χ4n) is 1.19. The third-order valence-electron chi connectivity index (χ3n) is 1.88. The van der Waals surface area contributed by atoms with Gasteiger partial charge in [0.05, 0.1) is 4.92 Å². The summed E-state index contributed by atoms with van der Waals surface area (Å²) >= 11 is 1.62. The molecule has 0 bridgehead atoms. The second kappa shape index (κ2) is 6.51. The number of benzene rings is 1. The van der Waals surface area contributed by atoms with Gasteiger partial charge in [-0.3, -0.25) is 14.9 Å². The Hall–Kier alpha value is -2.21. The molecule has 0 spiro atoms. The molecular weight excluding hydrogens is 254 g/mol. The number of carboxylic acids is 1. The van der Waals surface area contributed by atoms with Crippen molar-refractivity contribution in [1.82, 2.24) is 0 Å². The molecule has 1 aromatic carbocycles. The van der Waals surface area contributed by atoms with Gasteiger partial charge in [-0.1, -0.05) is 6.07 Å². The maximum Gasteiger partial charge on any atom is 0.300 e. The Morgan fingerprint density at radius 3 is 2.22 bits per heavy atom. The van der Waals surface area contributed by atoms with Crippen molar-refractivity contribution in [2.45, 2.75) is 6.92 Å². The number of thiophene rings is 1. The molecule has 94 valence electrons. The quantitative estimate of drug-likeness (QED) is 0.666. The van der Waals surface area contributed by atoms with Gasteiger partial charge in [-0.05, 0) is 29.1 Å². The van der Waals surface area contributed by atoms with Crippen LogP contribution in [0.15, 0.2) is 41.8 Å². The molecule has 6 heteroatoms. The molecule has 18 heavy (non-hydrogen) atoms. The molecule has 2 rings (SSSR count). The maximum atomic E-state index is 10.4. The van der Waals surface area contributed by atoms with Crippen LogP contribution in [0.3, 0.4) is 0 Å². The minimum atomic E-state index is -0.833. The Morgan fingerprint density at radius 1 is 1.28 bits per heavy atom. The summed E-state index contributed by atoms with van der Waals surface area (Å²) in [5.41, 5.74) is 1.15. The van der Waals surface area contributed by atoms with Crippen LogP contribution in [-0.4, -0.2) is 16.0 Å². The second-order valence-electron chi connectivity index (χ2n) is 3.30. The highest BCUT2D eigenvalue weighted by Crippen LogP contribution is 2.26. The monoisotopic (exact) mass is 265 g/mol. The first kappa shape index (κ1) is 13.9. The van der Waals surface area contributed by atoms with Gasteiger partial charge in [0.25, 0.3) is 11.7 Å². The number of hydrogen-bond acceptors (Lipinski definition) is 4. The third-order valence-corrected chi connectivity index (χ3v) is 2.80. The zero-order chi connectivity index (χ0) is 13.5. The van der Waals surface area contributed by atoms with E-state index in [1.54, 1.807) is 23.5 Å². The zero-order valence-electron chi connectivity index (χ0n) is 9.57. The topological polar surface area (TPSA) is 80.4 Å². The van der Waals surface area contributed by atoms with Gasteiger partial charge in [-0.25, -0.2) is 0 Å². The van der Waals surface area contributed by atoms with Crippen LogP contribution in [-0.2, 0) is 4.79 Å². The van der Waals surface area contributed by atoms with Crippen molar-refractivity contribution in [3.05, 3.63) is 51.9 Å². The number of nitro benzene ring substituents is 1. The van der Waals surface area contributed by atoms with E-state index < -0.39 is 10.9 Å². The van der Waals surface area contributed by atoms with Crippen LogP contribution in [0.2, 0.25) is 0 Å². The minimum absolute atomic E-state index is 0.130. The lowest BCUT2D eigenvalue weighted by atomic mass is 10.2. The Morgan fingerprint density at radius 2 is 1.83 bits per heavy atom. The summed E-state index contributed by atoms with van der Waals surface area (Å²) in [4.78, 5) is 20.1. The number of nitrogens with zero attached hydrogens (tertiary/aromatic N) is 1. The predicted octanol–water partition coefficient (Wildman–Crippen LogP) is 3.41. The molecule has 0 aliphatic heterocycles. The van der Waals surface area contributed by atoms with Gasteiger partial charge < -0.3 is 5.11 Å². The summed E-state index contributed by atoms with van der Waals surface area (Å²) in [7, 11) is 0. The zero-order valence-corrected chi connectivity index (χ0v) is 10.4. The highest BCUT2D eigenvalue weighted by molar-refractivity contribution is 7.13. The van der Waals surface area contributed by atoms with E-state index >= 15 is 0 Å². The summed E-state index contributed by atoms with van der Waals surface area (Å²) in [6.07, 6.45) is 0. The largest absolute Gasteiger partial charge is 0.481 e. The predicted molar refractivity (Wildman–Crippen MR) is 69.7 cm³/mol. The van der Waals surface area contributed by atoms with E-state index in [4.69, 9.17) is 9.90 Å². The van der Waals surface area contributed by atoms with Crippen LogP contribution in [0.1, 0.15) is 6.92 Å². The van der Waals surface area contributed by atoms with Gasteiger partial charge in [-0.2, -0.15) is 0 Å². The maximum absolute atomic E-state index is 10.4. The molecule has 0 amide bonds. The smallest absolute Gasteiger partial charge is 0.300 e. The molecule has 0 unspecified atom stereocenters. The Balaban J connectivity index is 0.000000357. The van der Waals surface area contributed by atoms with E-state index in [-0.39, 0.29) is 5.69 Å². The molecule has 0 radical (unpaired) electrons. The van der Waals surface area contributed by atoms with Gasteiger partial charge >= 0.3 is 0 Å². The SMILES string of the molecule is CC(=O)O.O=[N+]([O-])c1ccc(-c2cccs2)cc1. The number of carboxylic acid groups (broad SMARTS) is 1. The molecule has 5 nitrogen and oxygen atoms in total. The van der Waals surface area contributed by atoms with E-state index in [9.17, 15) is 10.1 Å². The summed E-state index contributed by atoms with van der Waals surface area (Å²) in [6.45, 7) is 1.08. The standard InChI is InChI=1S/C10H7NO2S.C2H4O2/c12-11(13)9-5-3-8(4-6-9)10-2-1-7-14-10;1-2(3)4/h1-7H;1H3,(H,3,4). The van der Waals surface area contributed by atoms with Crippen LogP contribution in [0.25, 0.3) is 10.4 Å². The van der Waals surface area contributed by atoms with Crippen molar-refractivity contribution in [3.8, 4) is 10.4 Å². The molecule has 0 saturated heterocycles. The normalized spacial score (nSPS) is 9.17. The van der Waals surface area contributed by atoms with Crippen molar-refractivity contribution in [3.63, 3.8) is 0 Å². The number of non-ortho nitro benzene ring substituents is 1. The molecule has 0 fully saturated rings. The molecule has 1 aromatic heterocycles. The first-order chi connectivity index (χ1) is 8.50. The van der Waals surface area contributed by atoms with Crippen LogP contribution in [0, 0.1) is 10.1 Å². The Bertz CT molecular complexity index is 516. The van der Waals surface area contributed by atoms with E-state index in [2.05, 4.69) is 0 Å². The van der Waals surface area contributed by atoms with Crippen LogP contribution >= 0.6 is 11.3 Å². The van der Waals surface area contributed by atoms with E-state index in [0.717, 1.165) is 17.4 Å². The molecule has 1 N–H and O–H groups in total. The first-order valence-corrected chi connectivity index (χ1v) is 5.86. The second-order valence-corrected chi connectivity index (χ2v) is 4.25. The summed E-state index contributed by atoms with van der Waals surface area (Å²) in [5, 5.41) is 19.8. The van der Waals surface area contributed by atoms with Gasteiger partial charge in [0.2, 0.25) is 0 Å². The molecule has 0 aliphatic rings. The van der Waals surface area contributed by atoms with Crippen molar-refractivity contribution < 1.29 is 14.8 Å². The van der Waals surface area contributed by atoms with Crippen molar-refractivity contribution in [2.24, 2.45) is 0 Å². The minimum Gasteiger partial charge on any atom is -0.481 e. The number of nitro groups is 1. The van der Waals surface area contributed by atoms with Gasteiger partial charge in [0, 0.05) is 23.9 Å². The van der Waals surface area contributed by atoms with Crippen molar-refractivity contribution >= 4 is 23.0 Å². The number of hydrogen-bond donors (Lipinski definition) is 1. The van der Waals surface area contributed by atoms with Gasteiger partial charge in [-0.15, -0.1) is 11.3 Å². The Kier molecular flexibility index (Phi) is 5.01. The number of carbonyl (C=O) groups is 1. The molecule has 0 aliphatic carbocycles. The number of aliphatic carboxylic acids is 1. The Labute approximate surface area is 107 Å². The fourth-order valence-corrected chi connectivity index (χ4v) is 1.92. The lowest BCUT2D eigenvalue weighted by Crippen LogP contribution is -1.86. The van der Waals surface area contributed by atoms with E-state index in [0.29, 0.717) is 0 Å². The first-order valence-electron chi connectivity index (χ1n) is 4.98. The highest BCUT2D eigenvalue weighted by Gasteiger charge is 2.04. The fraction of sp³-hybridized carbons (Fsp3) is 0.0833. The average molecular weight is 265 g/mol. The van der Waals surface area contributed by atoms with Crippen molar-refractivity contribution in [1.29, 1.82) is 0 Å². The van der Waals surface area contributed by atoms with Crippen LogP contribution < -0.4 is 0 Å². The van der Waals surface area contributed by atoms with Crippen LogP contribution in [0.5, 0.6) is 0 Å². The van der Waals surface area contributed by atoms with E-state index in [1.807, 2.05) is 17.5 Å². The summed E-state index contributed by atoms with van der Waals surface area (Å²) in [6, 6.07) is 10.5. The molecular formula is C12H11NO4S. The average Bonchev–Trinajstić information content (AvgIpc) is 2.81. The van der Waals surface area contributed by atoms with Gasteiger partial charge in [0.1, 0.15) is 0 Å². The molecule has 0 atom stereocenters. The van der Waals surface area contributed by atoms with Crippen molar-refractivity contribution in [2.75, 3.05) is 0 Å². The van der Waals surface area contributed by atoms with E-state index in [1.165, 1.54) is 12.1 Å².